The molecule has 2 aromatic rings. The van der Waals surface area contributed by atoms with E-state index in [9.17, 15) is 19.5 Å². The highest BCUT2D eigenvalue weighted by atomic mass is 16.3. The number of benzene rings is 2. The molecule has 0 saturated carbocycles. The molecular weight excluding hydrogens is 308 g/mol. The van der Waals surface area contributed by atoms with Crippen LogP contribution in [0.2, 0.25) is 0 Å². The Morgan fingerprint density at radius 3 is 2.17 bits per heavy atom. The van der Waals surface area contributed by atoms with E-state index in [1.54, 1.807) is 42.5 Å². The number of phenols is 1. The zero-order valence-electron chi connectivity index (χ0n) is 12.4. The molecule has 0 spiro atoms. The van der Waals surface area contributed by atoms with Crippen molar-refractivity contribution in [3.8, 4) is 5.75 Å². The number of hydrogen-bond donors (Lipinski definition) is 3. The Hall–Kier alpha value is -3.41. The summed E-state index contributed by atoms with van der Waals surface area (Å²) in [5.41, 5.74) is 1.02. The summed E-state index contributed by atoms with van der Waals surface area (Å²) in [6.07, 6.45) is 0. The molecule has 0 fully saturated rings. The van der Waals surface area contributed by atoms with Crippen LogP contribution in [-0.4, -0.2) is 22.7 Å². The molecule has 1 aliphatic carbocycles. The molecule has 6 nitrogen and oxygen atoms in total. The number of allylic oxidation sites excluding steroid dienone is 1. The zero-order chi connectivity index (χ0) is 16.8. The molecule has 1 atom stereocenters. The highest BCUT2D eigenvalue weighted by Gasteiger charge is 2.41. The van der Waals surface area contributed by atoms with E-state index in [1.165, 1.54) is 6.07 Å². The first kappa shape index (κ1) is 14.2. The summed E-state index contributed by atoms with van der Waals surface area (Å²) in [6, 6.07) is 11.4. The molecule has 1 heterocycles. The maximum absolute atomic E-state index is 12.9. The molecule has 1 unspecified atom stereocenters. The van der Waals surface area contributed by atoms with Gasteiger partial charge < -0.3 is 15.7 Å². The number of nitrogens with one attached hydrogen (secondary N) is 2. The average Bonchev–Trinajstić information content (AvgIpc) is 2.59. The fraction of sp³-hybridized carbons (Fsp3) is 0.0556. The monoisotopic (exact) mass is 320 g/mol. The number of fused-ring (bicyclic) bond motifs is 1. The van der Waals surface area contributed by atoms with Gasteiger partial charge in [0.1, 0.15) is 11.4 Å². The average molecular weight is 320 g/mol. The summed E-state index contributed by atoms with van der Waals surface area (Å²) in [5.74, 6) is -0.813. The molecule has 0 radical (unpaired) electrons. The van der Waals surface area contributed by atoms with Crippen molar-refractivity contribution in [3.05, 3.63) is 76.5 Å². The maximum atomic E-state index is 12.9. The van der Waals surface area contributed by atoms with Gasteiger partial charge in [0, 0.05) is 16.7 Å². The van der Waals surface area contributed by atoms with E-state index in [4.69, 9.17) is 0 Å². The molecule has 2 amide bonds. The number of Topliss-reactive ketones (excluding diaryl/α,β-unsaturated/α-hetero) is 2. The minimum Gasteiger partial charge on any atom is -0.508 e. The minimum atomic E-state index is -0.889. The molecule has 0 aromatic heterocycles. The fourth-order valence-electron chi connectivity index (χ4n) is 3.11. The van der Waals surface area contributed by atoms with Crippen LogP contribution in [0.25, 0.3) is 0 Å². The normalized spacial score (nSPS) is 19.3. The third kappa shape index (κ3) is 1.93. The third-order valence-electron chi connectivity index (χ3n) is 4.21. The van der Waals surface area contributed by atoms with E-state index in [0.29, 0.717) is 11.1 Å². The van der Waals surface area contributed by atoms with Crippen LogP contribution in [0.5, 0.6) is 5.75 Å². The van der Waals surface area contributed by atoms with E-state index >= 15 is 0 Å². The highest BCUT2D eigenvalue weighted by molar-refractivity contribution is 6.28. The fourth-order valence-corrected chi connectivity index (χ4v) is 3.11. The van der Waals surface area contributed by atoms with Gasteiger partial charge in [-0.3, -0.25) is 9.59 Å². The van der Waals surface area contributed by atoms with Gasteiger partial charge >= 0.3 is 6.03 Å². The molecule has 0 bridgehead atoms. The number of para-hydroxylation sites is 1. The van der Waals surface area contributed by atoms with Crippen molar-refractivity contribution in [1.29, 1.82) is 0 Å². The second kappa shape index (κ2) is 5.06. The molecule has 118 valence electrons. The Labute approximate surface area is 136 Å². The quantitative estimate of drug-likeness (QED) is 0.749. The Morgan fingerprint density at radius 1 is 0.833 bits per heavy atom. The lowest BCUT2D eigenvalue weighted by atomic mass is 9.81. The summed E-state index contributed by atoms with van der Waals surface area (Å²) in [6.45, 7) is 0. The number of ketones is 2. The highest BCUT2D eigenvalue weighted by Crippen LogP contribution is 2.37. The molecule has 2 aromatic carbocycles. The number of phenolic OH excluding ortho intramolecular Hbond substituents is 1. The van der Waals surface area contributed by atoms with Crippen LogP contribution < -0.4 is 10.6 Å². The first-order valence-electron chi connectivity index (χ1n) is 7.36. The molecule has 3 N–H and O–H groups in total. The van der Waals surface area contributed by atoms with Gasteiger partial charge in [0.25, 0.3) is 0 Å². The van der Waals surface area contributed by atoms with Crippen LogP contribution >= 0.6 is 0 Å². The SMILES string of the molecule is O=C1NC2=C(C(=O)c3ccccc3C2=O)C(c2ccccc2O)N1. The first-order valence-corrected chi connectivity index (χ1v) is 7.36. The van der Waals surface area contributed by atoms with Gasteiger partial charge in [-0.1, -0.05) is 42.5 Å². The molecule has 0 saturated heterocycles. The second-order valence-corrected chi connectivity index (χ2v) is 5.58. The van der Waals surface area contributed by atoms with Crippen molar-refractivity contribution in [2.24, 2.45) is 0 Å². The van der Waals surface area contributed by atoms with Crippen molar-refractivity contribution in [3.63, 3.8) is 0 Å². The van der Waals surface area contributed by atoms with Gasteiger partial charge in [-0.25, -0.2) is 4.79 Å². The van der Waals surface area contributed by atoms with E-state index in [-0.39, 0.29) is 28.4 Å². The summed E-state index contributed by atoms with van der Waals surface area (Å²) in [4.78, 5) is 37.6. The van der Waals surface area contributed by atoms with Crippen LogP contribution in [0.15, 0.2) is 59.8 Å². The van der Waals surface area contributed by atoms with Gasteiger partial charge in [-0.15, -0.1) is 0 Å². The van der Waals surface area contributed by atoms with Crippen molar-refractivity contribution in [2.45, 2.75) is 6.04 Å². The topological polar surface area (TPSA) is 95.5 Å². The lowest BCUT2D eigenvalue weighted by molar-refractivity contribution is 0.0958. The van der Waals surface area contributed by atoms with Crippen LogP contribution in [-0.2, 0) is 0 Å². The maximum Gasteiger partial charge on any atom is 0.320 e. The van der Waals surface area contributed by atoms with Crippen molar-refractivity contribution < 1.29 is 19.5 Å². The summed E-state index contributed by atoms with van der Waals surface area (Å²) in [5, 5.41) is 15.1. The van der Waals surface area contributed by atoms with Gasteiger partial charge in [-0.2, -0.15) is 0 Å². The molecule has 4 rings (SSSR count). The second-order valence-electron chi connectivity index (χ2n) is 5.58. The smallest absolute Gasteiger partial charge is 0.320 e. The molecule has 6 heteroatoms. The minimum absolute atomic E-state index is 0.0318. The van der Waals surface area contributed by atoms with Gasteiger partial charge in [-0.05, 0) is 6.07 Å². The molecular formula is C18H12N2O4. The number of aromatic hydroxyl groups is 1. The van der Waals surface area contributed by atoms with Crippen LogP contribution in [0.1, 0.15) is 32.3 Å². The van der Waals surface area contributed by atoms with Crippen molar-refractivity contribution in [1.82, 2.24) is 10.6 Å². The number of rotatable bonds is 1. The number of carbonyl (C=O) groups is 3. The largest absolute Gasteiger partial charge is 0.508 e. The third-order valence-corrected chi connectivity index (χ3v) is 4.21. The first-order chi connectivity index (χ1) is 11.6. The van der Waals surface area contributed by atoms with Crippen molar-refractivity contribution in [2.75, 3.05) is 0 Å². The summed E-state index contributed by atoms with van der Waals surface area (Å²) >= 11 is 0. The number of amides is 2. The van der Waals surface area contributed by atoms with Gasteiger partial charge in [0.2, 0.25) is 5.78 Å². The summed E-state index contributed by atoms with van der Waals surface area (Å²) < 4.78 is 0. The predicted molar refractivity (Wildman–Crippen MR) is 84.6 cm³/mol. The Balaban J connectivity index is 1.94. The number of urea groups is 1. The van der Waals surface area contributed by atoms with Crippen molar-refractivity contribution >= 4 is 17.6 Å². The summed E-state index contributed by atoms with van der Waals surface area (Å²) in [7, 11) is 0. The van der Waals surface area contributed by atoms with Crippen LogP contribution in [0, 0.1) is 0 Å². The Bertz CT molecular complexity index is 946. The lowest BCUT2D eigenvalue weighted by Gasteiger charge is -2.32. The van der Waals surface area contributed by atoms with E-state index < -0.39 is 17.9 Å². The van der Waals surface area contributed by atoms with Gasteiger partial charge in [0.05, 0.1) is 11.6 Å². The molecule has 24 heavy (non-hydrogen) atoms. The Morgan fingerprint density at radius 2 is 1.46 bits per heavy atom. The van der Waals surface area contributed by atoms with Gasteiger partial charge in [0.15, 0.2) is 5.78 Å². The van der Waals surface area contributed by atoms with E-state index in [0.717, 1.165) is 0 Å². The Kier molecular flexibility index (Phi) is 2.99. The number of hydrogen-bond acceptors (Lipinski definition) is 4. The zero-order valence-corrected chi connectivity index (χ0v) is 12.4. The van der Waals surface area contributed by atoms with E-state index in [1.807, 2.05) is 0 Å². The van der Waals surface area contributed by atoms with E-state index in [2.05, 4.69) is 10.6 Å². The van der Waals surface area contributed by atoms with Crippen LogP contribution in [0.4, 0.5) is 4.79 Å². The molecule has 1 aliphatic heterocycles. The predicted octanol–water partition coefficient (Wildman–Crippen LogP) is 2.08. The van der Waals surface area contributed by atoms with Crippen LogP contribution in [0.3, 0.4) is 0 Å². The molecule has 2 aliphatic rings. The number of carbonyl (C=O) groups excluding carboxylic acids is 3. The standard InChI is InChI=1S/C18H12N2O4/c21-12-8-4-3-7-11(12)14-13-15(20-18(24)19-14)17(23)10-6-2-1-5-9(10)16(13)22/h1-8,14,21H,(H2,19,20,24). The lowest BCUT2D eigenvalue weighted by Crippen LogP contribution is -2.49.